The molecule has 0 aliphatic carbocycles. The Morgan fingerprint density at radius 2 is 1.85 bits per heavy atom. The monoisotopic (exact) mass is 377 g/mol. The van der Waals surface area contributed by atoms with Crippen molar-refractivity contribution in [2.45, 2.75) is 13.8 Å². The van der Waals surface area contributed by atoms with Crippen molar-refractivity contribution >= 4 is 35.1 Å². The van der Waals surface area contributed by atoms with E-state index in [4.69, 9.17) is 10.00 Å². The van der Waals surface area contributed by atoms with Crippen molar-refractivity contribution in [1.29, 1.82) is 5.26 Å². The molecule has 1 rings (SSSR count). The predicted molar refractivity (Wildman–Crippen MR) is 90.3 cm³/mol. The van der Waals surface area contributed by atoms with E-state index in [2.05, 4.69) is 15.3 Å². The number of amides is 1. The number of nitro groups is 1. The Bertz CT molecular complexity index is 828. The predicted octanol–water partition coefficient (Wildman–Crippen LogP) is 0.434. The molecular weight excluding hydrogens is 362 g/mol. The molecule has 0 heterocycles. The van der Waals surface area contributed by atoms with Gasteiger partial charge in [-0.3, -0.25) is 25.7 Å². The summed E-state index contributed by atoms with van der Waals surface area (Å²) in [4.78, 5) is 45.2. The zero-order valence-corrected chi connectivity index (χ0v) is 14.3. The van der Waals surface area contributed by atoms with Crippen LogP contribution in [0.15, 0.2) is 23.3 Å². The van der Waals surface area contributed by atoms with Crippen molar-refractivity contribution < 1.29 is 28.8 Å². The lowest BCUT2D eigenvalue weighted by molar-refractivity contribution is -0.384. The van der Waals surface area contributed by atoms with E-state index in [9.17, 15) is 24.5 Å². The number of ether oxygens (including phenoxy) is 2. The summed E-state index contributed by atoms with van der Waals surface area (Å²) in [7, 11) is 0. The van der Waals surface area contributed by atoms with Gasteiger partial charge in [-0.1, -0.05) is 0 Å². The maximum absolute atomic E-state index is 11.9. The number of rotatable bonds is 5. The molecule has 1 aromatic carbocycles. The summed E-state index contributed by atoms with van der Waals surface area (Å²) in [6.07, 6.45) is 0. The first kappa shape index (κ1) is 21.0. The highest BCUT2D eigenvalue weighted by Crippen LogP contribution is 2.25. The van der Waals surface area contributed by atoms with E-state index in [-0.39, 0.29) is 24.5 Å². The number of nitro benzene ring substituents is 1. The molecule has 0 saturated carbocycles. The number of hydrazone groups is 1. The standard InChI is InChI=1S/C15H15N5O7/c1-3-26-14(22)12(17-13(21)15(23)27-4-2)19-18-10-6-5-9(8-16)7-11(10)20(24)25/h5-7,18H,3-4H2,1-2H3,(H,17,19,21). The minimum Gasteiger partial charge on any atom is -0.460 e. The van der Waals surface area contributed by atoms with Gasteiger partial charge in [0.2, 0.25) is 5.84 Å². The summed E-state index contributed by atoms with van der Waals surface area (Å²) >= 11 is 0. The summed E-state index contributed by atoms with van der Waals surface area (Å²) in [6, 6.07) is 5.22. The molecule has 12 heteroatoms. The van der Waals surface area contributed by atoms with E-state index in [0.29, 0.717) is 0 Å². The van der Waals surface area contributed by atoms with Gasteiger partial charge in [-0.15, -0.1) is 5.10 Å². The van der Waals surface area contributed by atoms with Crippen LogP contribution in [0.1, 0.15) is 19.4 Å². The smallest absolute Gasteiger partial charge is 0.397 e. The SMILES string of the molecule is CCOC(=O)C(=O)N/C(=N/Nc1ccc(C#N)cc1[N+](=O)[O-])C(=O)OCC. The van der Waals surface area contributed by atoms with Gasteiger partial charge in [0.05, 0.1) is 29.8 Å². The van der Waals surface area contributed by atoms with Crippen LogP contribution in [-0.4, -0.2) is 41.8 Å². The zero-order chi connectivity index (χ0) is 20.4. The number of amidine groups is 1. The molecule has 0 bridgehead atoms. The molecule has 0 fully saturated rings. The van der Waals surface area contributed by atoms with Gasteiger partial charge in [-0.05, 0) is 26.0 Å². The Kier molecular flexibility index (Phi) is 7.86. The molecule has 1 amide bonds. The van der Waals surface area contributed by atoms with Crippen molar-refractivity contribution in [3.63, 3.8) is 0 Å². The van der Waals surface area contributed by atoms with Gasteiger partial charge >= 0.3 is 17.8 Å². The van der Waals surface area contributed by atoms with Crippen LogP contribution < -0.4 is 10.7 Å². The molecule has 0 radical (unpaired) electrons. The zero-order valence-electron chi connectivity index (χ0n) is 14.3. The first-order chi connectivity index (χ1) is 12.8. The summed E-state index contributed by atoms with van der Waals surface area (Å²) in [5.74, 6) is -4.33. The Hall–Kier alpha value is -4.01. The van der Waals surface area contributed by atoms with E-state index < -0.39 is 34.3 Å². The fourth-order valence-corrected chi connectivity index (χ4v) is 1.64. The van der Waals surface area contributed by atoms with Gasteiger partial charge < -0.3 is 9.47 Å². The Balaban J connectivity index is 3.13. The Morgan fingerprint density at radius 1 is 1.22 bits per heavy atom. The molecule has 0 aromatic heterocycles. The molecule has 0 aliphatic heterocycles. The highest BCUT2D eigenvalue weighted by atomic mass is 16.6. The quantitative estimate of drug-likeness (QED) is 0.184. The molecular formula is C15H15N5O7. The molecule has 1 aromatic rings. The number of nitriles is 1. The van der Waals surface area contributed by atoms with E-state index in [0.717, 1.165) is 6.07 Å². The van der Waals surface area contributed by atoms with Crippen molar-refractivity contribution in [1.82, 2.24) is 5.32 Å². The molecule has 0 saturated heterocycles. The number of esters is 2. The molecule has 0 aliphatic rings. The van der Waals surface area contributed by atoms with Crippen molar-refractivity contribution in [2.24, 2.45) is 5.10 Å². The van der Waals surface area contributed by atoms with E-state index in [1.165, 1.54) is 26.0 Å². The van der Waals surface area contributed by atoms with Crippen LogP contribution in [-0.2, 0) is 23.9 Å². The largest absolute Gasteiger partial charge is 0.460 e. The van der Waals surface area contributed by atoms with E-state index in [1.807, 2.05) is 5.32 Å². The first-order valence-corrected chi connectivity index (χ1v) is 7.51. The van der Waals surface area contributed by atoms with Gasteiger partial charge in [-0.2, -0.15) is 5.26 Å². The average Bonchev–Trinajstić information content (AvgIpc) is 2.64. The average molecular weight is 377 g/mol. The lowest BCUT2D eigenvalue weighted by Gasteiger charge is -2.08. The minimum absolute atomic E-state index is 0.0393. The third-order valence-electron chi connectivity index (χ3n) is 2.77. The number of nitrogens with one attached hydrogen (secondary N) is 2. The third kappa shape index (κ3) is 6.09. The summed E-state index contributed by atoms with van der Waals surface area (Å²) in [5, 5.41) is 25.4. The first-order valence-electron chi connectivity index (χ1n) is 7.51. The topological polar surface area (TPSA) is 173 Å². The number of benzene rings is 1. The lowest BCUT2D eigenvalue weighted by atomic mass is 10.2. The summed E-state index contributed by atoms with van der Waals surface area (Å²) in [6.45, 7) is 2.87. The third-order valence-corrected chi connectivity index (χ3v) is 2.77. The summed E-state index contributed by atoms with van der Waals surface area (Å²) < 4.78 is 9.18. The second-order valence-electron chi connectivity index (χ2n) is 4.57. The van der Waals surface area contributed by atoms with Gasteiger partial charge in [0.25, 0.3) is 5.69 Å². The number of carbonyl (C=O) groups is 3. The second-order valence-corrected chi connectivity index (χ2v) is 4.57. The van der Waals surface area contributed by atoms with Crippen LogP contribution in [0, 0.1) is 21.4 Å². The van der Waals surface area contributed by atoms with Crippen molar-refractivity contribution in [3.05, 3.63) is 33.9 Å². The van der Waals surface area contributed by atoms with E-state index >= 15 is 0 Å². The van der Waals surface area contributed by atoms with Crippen LogP contribution in [0.2, 0.25) is 0 Å². The molecule has 27 heavy (non-hydrogen) atoms. The number of hydrogen-bond acceptors (Lipinski definition) is 10. The van der Waals surface area contributed by atoms with Gasteiger partial charge in [-0.25, -0.2) is 9.59 Å². The lowest BCUT2D eigenvalue weighted by Crippen LogP contribution is -2.42. The van der Waals surface area contributed by atoms with Crippen LogP contribution in [0.4, 0.5) is 11.4 Å². The molecule has 0 spiro atoms. The van der Waals surface area contributed by atoms with Crippen LogP contribution >= 0.6 is 0 Å². The number of nitrogens with zero attached hydrogens (tertiary/aromatic N) is 3. The van der Waals surface area contributed by atoms with Crippen LogP contribution in [0.3, 0.4) is 0 Å². The van der Waals surface area contributed by atoms with Gasteiger partial charge in [0.15, 0.2) is 0 Å². The molecule has 12 nitrogen and oxygen atoms in total. The number of hydrogen-bond donors (Lipinski definition) is 2. The highest BCUT2D eigenvalue weighted by Gasteiger charge is 2.23. The van der Waals surface area contributed by atoms with Gasteiger partial charge in [0, 0.05) is 6.07 Å². The normalized spacial score (nSPS) is 10.3. The Labute approximate surface area is 152 Å². The fourth-order valence-electron chi connectivity index (χ4n) is 1.64. The Morgan fingerprint density at radius 3 is 2.41 bits per heavy atom. The summed E-state index contributed by atoms with van der Waals surface area (Å²) in [5.41, 5.74) is 1.62. The molecule has 0 unspecified atom stereocenters. The molecule has 2 N–H and O–H groups in total. The van der Waals surface area contributed by atoms with Crippen molar-refractivity contribution in [3.8, 4) is 6.07 Å². The number of carbonyl (C=O) groups excluding carboxylic acids is 3. The van der Waals surface area contributed by atoms with E-state index in [1.54, 1.807) is 6.07 Å². The molecule has 142 valence electrons. The maximum Gasteiger partial charge on any atom is 0.397 e. The van der Waals surface area contributed by atoms with Crippen molar-refractivity contribution in [2.75, 3.05) is 18.6 Å². The van der Waals surface area contributed by atoms with Crippen LogP contribution in [0.5, 0.6) is 0 Å². The van der Waals surface area contributed by atoms with Crippen LogP contribution in [0.25, 0.3) is 0 Å². The maximum atomic E-state index is 11.9. The fraction of sp³-hybridized carbons (Fsp3) is 0.267. The highest BCUT2D eigenvalue weighted by molar-refractivity contribution is 6.45. The molecule has 0 atom stereocenters. The number of anilines is 1. The minimum atomic E-state index is -1.28. The second kappa shape index (κ2) is 10.1. The van der Waals surface area contributed by atoms with Gasteiger partial charge in [0.1, 0.15) is 5.69 Å².